The Hall–Kier alpha value is -1.62. The van der Waals surface area contributed by atoms with Gasteiger partial charge in [0.1, 0.15) is 5.76 Å². The highest BCUT2D eigenvalue weighted by molar-refractivity contribution is 5.56. The van der Waals surface area contributed by atoms with Gasteiger partial charge in [-0.2, -0.15) is 4.98 Å². The summed E-state index contributed by atoms with van der Waals surface area (Å²) >= 11 is 0. The van der Waals surface area contributed by atoms with Crippen molar-refractivity contribution in [1.29, 1.82) is 0 Å². The molecule has 0 aliphatic heterocycles. The molecule has 0 radical (unpaired) electrons. The van der Waals surface area contributed by atoms with Gasteiger partial charge in [-0.15, -0.1) is 0 Å². The van der Waals surface area contributed by atoms with Crippen LogP contribution in [0, 0.1) is 6.92 Å². The van der Waals surface area contributed by atoms with Crippen molar-refractivity contribution in [3.63, 3.8) is 0 Å². The van der Waals surface area contributed by atoms with Crippen LogP contribution in [0.2, 0.25) is 0 Å². The molecular weight excluding hydrogens is 254 g/mol. The monoisotopic (exact) mass is 277 g/mol. The summed E-state index contributed by atoms with van der Waals surface area (Å²) in [6.07, 6.45) is 5.80. The lowest BCUT2D eigenvalue weighted by Gasteiger charge is -2.15. The average molecular weight is 277 g/mol. The van der Waals surface area contributed by atoms with Gasteiger partial charge < -0.3 is 14.3 Å². The molecular formula is C15H23N3O2. The molecule has 1 unspecified atom stereocenters. The fraction of sp³-hybridized carbons (Fsp3) is 0.600. The maximum absolute atomic E-state index is 5.36. The molecule has 0 spiro atoms. The molecule has 2 aromatic rings. The Morgan fingerprint density at radius 3 is 2.80 bits per heavy atom. The highest BCUT2D eigenvalue weighted by Gasteiger charge is 2.16. The minimum absolute atomic E-state index is 0.402. The molecule has 5 nitrogen and oxygen atoms in total. The molecule has 5 heteroatoms. The zero-order valence-electron chi connectivity index (χ0n) is 12.5. The van der Waals surface area contributed by atoms with Crippen LogP contribution in [0.25, 0.3) is 11.4 Å². The molecule has 0 aromatic carbocycles. The summed E-state index contributed by atoms with van der Waals surface area (Å²) in [5.74, 6) is 2.10. The van der Waals surface area contributed by atoms with E-state index in [2.05, 4.69) is 29.3 Å². The molecule has 0 aliphatic carbocycles. The number of aromatic nitrogens is 2. The van der Waals surface area contributed by atoms with Gasteiger partial charge in [-0.1, -0.05) is 25.4 Å². The van der Waals surface area contributed by atoms with E-state index in [4.69, 9.17) is 8.94 Å². The normalized spacial score (nSPS) is 12.8. The van der Waals surface area contributed by atoms with Crippen molar-refractivity contribution in [2.24, 2.45) is 0 Å². The summed E-state index contributed by atoms with van der Waals surface area (Å²) < 4.78 is 10.6. The van der Waals surface area contributed by atoms with E-state index in [1.807, 2.05) is 13.0 Å². The largest absolute Gasteiger partial charge is 0.469 e. The van der Waals surface area contributed by atoms with E-state index in [0.717, 1.165) is 43.6 Å². The molecule has 0 saturated heterocycles. The molecule has 0 saturated carbocycles. The highest BCUT2D eigenvalue weighted by Crippen LogP contribution is 2.21. The number of aryl methyl sites for hydroxylation is 1. The van der Waals surface area contributed by atoms with E-state index >= 15 is 0 Å². The van der Waals surface area contributed by atoms with Crippen LogP contribution in [0.3, 0.4) is 0 Å². The molecule has 0 aliphatic rings. The summed E-state index contributed by atoms with van der Waals surface area (Å²) in [6, 6.07) is 2.27. The van der Waals surface area contributed by atoms with E-state index < -0.39 is 0 Å². The van der Waals surface area contributed by atoms with E-state index in [1.54, 1.807) is 6.26 Å². The lowest BCUT2D eigenvalue weighted by molar-refractivity contribution is 0.350. The second-order valence-electron chi connectivity index (χ2n) is 5.05. The van der Waals surface area contributed by atoms with Crippen LogP contribution in [-0.4, -0.2) is 22.7 Å². The number of nitrogens with zero attached hydrogens (tertiary/aromatic N) is 2. The lowest BCUT2D eigenvalue weighted by atomic mass is 10.1. The molecule has 2 heterocycles. The van der Waals surface area contributed by atoms with Gasteiger partial charge in [0, 0.05) is 12.5 Å². The third-order valence-electron chi connectivity index (χ3n) is 3.31. The lowest BCUT2D eigenvalue weighted by Crippen LogP contribution is -2.31. The second kappa shape index (κ2) is 7.24. The van der Waals surface area contributed by atoms with E-state index in [-0.39, 0.29) is 0 Å². The van der Waals surface area contributed by atoms with Crippen molar-refractivity contribution in [2.75, 3.05) is 6.54 Å². The van der Waals surface area contributed by atoms with E-state index in [1.165, 1.54) is 0 Å². The Labute approximate surface area is 119 Å². The van der Waals surface area contributed by atoms with Crippen molar-refractivity contribution < 1.29 is 8.94 Å². The Balaban J connectivity index is 2.02. The first kappa shape index (κ1) is 14.8. The molecule has 110 valence electrons. The second-order valence-corrected chi connectivity index (χ2v) is 5.05. The molecule has 1 N–H and O–H groups in total. The summed E-state index contributed by atoms with van der Waals surface area (Å²) in [6.45, 7) is 7.28. The van der Waals surface area contributed by atoms with Gasteiger partial charge in [0.2, 0.25) is 11.7 Å². The van der Waals surface area contributed by atoms with Gasteiger partial charge in [-0.25, -0.2) is 0 Å². The Morgan fingerprint density at radius 2 is 2.15 bits per heavy atom. The number of nitrogens with one attached hydrogen (secondary N) is 1. The topological polar surface area (TPSA) is 64.1 Å². The van der Waals surface area contributed by atoms with Crippen LogP contribution in [-0.2, 0) is 6.42 Å². The van der Waals surface area contributed by atoms with Crippen molar-refractivity contribution in [3.8, 4) is 11.4 Å². The fourth-order valence-corrected chi connectivity index (χ4v) is 2.25. The fourth-order valence-electron chi connectivity index (χ4n) is 2.25. The van der Waals surface area contributed by atoms with Gasteiger partial charge in [0.25, 0.3) is 0 Å². The third kappa shape index (κ3) is 3.70. The minimum Gasteiger partial charge on any atom is -0.469 e. The van der Waals surface area contributed by atoms with Crippen LogP contribution in [0.15, 0.2) is 21.3 Å². The molecule has 2 rings (SSSR count). The summed E-state index contributed by atoms with van der Waals surface area (Å²) in [7, 11) is 0. The Bertz CT molecular complexity index is 519. The number of furan rings is 1. The SMILES string of the molecule is CCCNC(CCC)Cc1nc(-c2ccoc2C)no1. The number of hydrogen-bond donors (Lipinski definition) is 1. The maximum Gasteiger partial charge on any atom is 0.228 e. The van der Waals surface area contributed by atoms with Crippen molar-refractivity contribution in [3.05, 3.63) is 24.0 Å². The maximum atomic E-state index is 5.36. The zero-order chi connectivity index (χ0) is 14.4. The first-order valence-electron chi connectivity index (χ1n) is 7.35. The summed E-state index contributed by atoms with van der Waals surface area (Å²) in [5.41, 5.74) is 0.897. The number of rotatable bonds is 8. The number of hydrogen-bond acceptors (Lipinski definition) is 5. The van der Waals surface area contributed by atoms with Crippen LogP contribution in [0.4, 0.5) is 0 Å². The van der Waals surface area contributed by atoms with Gasteiger partial charge in [0.15, 0.2) is 0 Å². The van der Waals surface area contributed by atoms with Crippen molar-refractivity contribution in [1.82, 2.24) is 15.5 Å². The Kier molecular flexibility index (Phi) is 5.35. The zero-order valence-corrected chi connectivity index (χ0v) is 12.5. The van der Waals surface area contributed by atoms with Gasteiger partial charge in [-0.3, -0.25) is 0 Å². The van der Waals surface area contributed by atoms with Gasteiger partial charge in [0.05, 0.1) is 11.8 Å². The molecule has 1 atom stereocenters. The van der Waals surface area contributed by atoms with Gasteiger partial charge in [-0.05, 0) is 32.4 Å². The van der Waals surface area contributed by atoms with Crippen molar-refractivity contribution in [2.45, 2.75) is 52.5 Å². The van der Waals surface area contributed by atoms with E-state index in [0.29, 0.717) is 17.8 Å². The van der Waals surface area contributed by atoms with Crippen LogP contribution in [0.1, 0.15) is 44.8 Å². The molecule has 0 fully saturated rings. The summed E-state index contributed by atoms with van der Waals surface area (Å²) in [4.78, 5) is 4.47. The van der Waals surface area contributed by atoms with Gasteiger partial charge >= 0.3 is 0 Å². The molecule has 0 bridgehead atoms. The van der Waals surface area contributed by atoms with Crippen LogP contribution >= 0.6 is 0 Å². The quantitative estimate of drug-likeness (QED) is 0.801. The highest BCUT2D eigenvalue weighted by atomic mass is 16.5. The smallest absolute Gasteiger partial charge is 0.228 e. The van der Waals surface area contributed by atoms with E-state index in [9.17, 15) is 0 Å². The molecule has 0 amide bonds. The van der Waals surface area contributed by atoms with Crippen LogP contribution in [0.5, 0.6) is 0 Å². The Morgan fingerprint density at radius 1 is 1.30 bits per heavy atom. The average Bonchev–Trinajstić information content (AvgIpc) is 3.05. The standard InChI is InChI=1S/C15H23N3O2/c1-4-6-12(16-8-5-2)10-14-17-15(18-20-14)13-7-9-19-11(13)3/h7,9,12,16H,4-6,8,10H2,1-3H3. The molecule has 20 heavy (non-hydrogen) atoms. The first-order chi connectivity index (χ1) is 9.74. The summed E-state index contributed by atoms with van der Waals surface area (Å²) in [5, 5.41) is 7.57. The first-order valence-corrected chi connectivity index (χ1v) is 7.35. The predicted molar refractivity (Wildman–Crippen MR) is 77.4 cm³/mol. The minimum atomic E-state index is 0.402. The predicted octanol–water partition coefficient (Wildman–Crippen LogP) is 3.35. The van der Waals surface area contributed by atoms with Crippen molar-refractivity contribution >= 4 is 0 Å². The van der Waals surface area contributed by atoms with Crippen LogP contribution < -0.4 is 5.32 Å². The molecule has 2 aromatic heterocycles. The third-order valence-corrected chi connectivity index (χ3v) is 3.31.